The Morgan fingerprint density at radius 3 is 2.56 bits per heavy atom. The van der Waals surface area contributed by atoms with Crippen LogP contribution in [0.1, 0.15) is 72.6 Å². The summed E-state index contributed by atoms with van der Waals surface area (Å²) in [4.78, 5) is 12.3. The predicted molar refractivity (Wildman–Crippen MR) is 77.4 cm³/mol. The smallest absolute Gasteiger partial charge is 0.137 e. The summed E-state index contributed by atoms with van der Waals surface area (Å²) in [7, 11) is 0. The van der Waals surface area contributed by atoms with Crippen molar-refractivity contribution in [2.45, 2.75) is 78.7 Å². The van der Waals surface area contributed by atoms with Gasteiger partial charge < -0.3 is 5.73 Å². The fraction of sp³-hybridized carbons (Fsp3) is 0.938. The van der Waals surface area contributed by atoms with Gasteiger partial charge in [-0.3, -0.25) is 4.79 Å². The fourth-order valence-corrected chi connectivity index (χ4v) is 3.24. The second kappa shape index (κ2) is 6.70. The molecule has 0 spiro atoms. The van der Waals surface area contributed by atoms with Gasteiger partial charge in [-0.25, -0.2) is 0 Å². The van der Waals surface area contributed by atoms with Gasteiger partial charge in [-0.05, 0) is 30.6 Å². The van der Waals surface area contributed by atoms with Crippen molar-refractivity contribution in [1.29, 1.82) is 0 Å². The summed E-state index contributed by atoms with van der Waals surface area (Å²) in [5, 5.41) is 0. The number of hydrogen-bond acceptors (Lipinski definition) is 2. The minimum absolute atomic E-state index is 0.0412. The van der Waals surface area contributed by atoms with Crippen LogP contribution in [-0.4, -0.2) is 11.8 Å². The van der Waals surface area contributed by atoms with E-state index in [0.717, 1.165) is 25.2 Å². The molecule has 2 N–H and O–H groups in total. The first kappa shape index (κ1) is 15.7. The highest BCUT2D eigenvalue weighted by molar-refractivity contribution is 5.81. The number of rotatable bonds is 5. The molecule has 3 unspecified atom stereocenters. The first-order valence-corrected chi connectivity index (χ1v) is 7.60. The van der Waals surface area contributed by atoms with Gasteiger partial charge in [0, 0.05) is 18.4 Å². The molecule has 0 saturated heterocycles. The van der Waals surface area contributed by atoms with Gasteiger partial charge in [-0.1, -0.05) is 47.0 Å². The van der Waals surface area contributed by atoms with Crippen LogP contribution in [0.4, 0.5) is 0 Å². The van der Waals surface area contributed by atoms with E-state index >= 15 is 0 Å². The summed E-state index contributed by atoms with van der Waals surface area (Å²) in [6.07, 6.45) is 7.48. The monoisotopic (exact) mass is 253 g/mol. The van der Waals surface area contributed by atoms with E-state index in [1.165, 1.54) is 19.3 Å². The number of carbonyl (C=O) groups is 1. The van der Waals surface area contributed by atoms with Crippen LogP contribution in [0, 0.1) is 17.3 Å². The zero-order chi connectivity index (χ0) is 13.8. The van der Waals surface area contributed by atoms with E-state index in [0.29, 0.717) is 18.1 Å². The van der Waals surface area contributed by atoms with Gasteiger partial charge in [-0.15, -0.1) is 0 Å². The second-order valence-corrected chi connectivity index (χ2v) is 7.33. The van der Waals surface area contributed by atoms with Crippen LogP contribution in [0.15, 0.2) is 0 Å². The highest BCUT2D eigenvalue weighted by Crippen LogP contribution is 2.32. The molecule has 18 heavy (non-hydrogen) atoms. The molecule has 0 aromatic heterocycles. The van der Waals surface area contributed by atoms with Crippen LogP contribution in [0.3, 0.4) is 0 Å². The predicted octanol–water partition coefficient (Wildman–Crippen LogP) is 3.93. The van der Waals surface area contributed by atoms with Crippen molar-refractivity contribution in [2.24, 2.45) is 23.0 Å². The Morgan fingerprint density at radius 2 is 2.00 bits per heavy atom. The van der Waals surface area contributed by atoms with E-state index in [2.05, 4.69) is 27.7 Å². The standard InChI is InChI=1S/C16H31NO/c1-5-12-7-6-8-13(9-12)15(18)10-14(17)11-16(2,3)4/h12-14H,5-11,17H2,1-4H3. The average molecular weight is 253 g/mol. The molecular formula is C16H31NO. The van der Waals surface area contributed by atoms with Crippen molar-refractivity contribution in [3.8, 4) is 0 Å². The van der Waals surface area contributed by atoms with Gasteiger partial charge in [-0.2, -0.15) is 0 Å². The molecule has 1 fully saturated rings. The molecule has 1 aliphatic rings. The summed E-state index contributed by atoms with van der Waals surface area (Å²) in [5.41, 5.74) is 6.33. The minimum atomic E-state index is 0.0412. The number of carbonyl (C=O) groups excluding carboxylic acids is 1. The highest BCUT2D eigenvalue weighted by atomic mass is 16.1. The summed E-state index contributed by atoms with van der Waals surface area (Å²) in [5.74, 6) is 1.49. The van der Waals surface area contributed by atoms with Crippen molar-refractivity contribution in [3.63, 3.8) is 0 Å². The second-order valence-electron chi connectivity index (χ2n) is 7.33. The lowest BCUT2D eigenvalue weighted by Crippen LogP contribution is -2.32. The Kier molecular flexibility index (Phi) is 5.84. The molecule has 1 aliphatic carbocycles. The van der Waals surface area contributed by atoms with E-state index in [4.69, 9.17) is 5.73 Å². The first-order chi connectivity index (χ1) is 8.31. The molecule has 1 saturated carbocycles. The molecule has 2 heteroatoms. The zero-order valence-electron chi connectivity index (χ0n) is 12.7. The molecule has 3 atom stereocenters. The molecule has 0 aromatic rings. The molecule has 0 aromatic carbocycles. The maximum Gasteiger partial charge on any atom is 0.137 e. The largest absolute Gasteiger partial charge is 0.327 e. The van der Waals surface area contributed by atoms with Crippen LogP contribution >= 0.6 is 0 Å². The van der Waals surface area contributed by atoms with Gasteiger partial charge in [0.15, 0.2) is 0 Å². The fourth-order valence-electron chi connectivity index (χ4n) is 3.24. The van der Waals surface area contributed by atoms with Gasteiger partial charge in [0.05, 0.1) is 0 Å². The van der Waals surface area contributed by atoms with E-state index in [-0.39, 0.29) is 11.5 Å². The topological polar surface area (TPSA) is 43.1 Å². The average Bonchev–Trinajstić information content (AvgIpc) is 2.26. The minimum Gasteiger partial charge on any atom is -0.327 e. The SMILES string of the molecule is CCC1CCCC(C(=O)CC(N)CC(C)(C)C)C1. The van der Waals surface area contributed by atoms with Crippen LogP contribution in [0.2, 0.25) is 0 Å². The van der Waals surface area contributed by atoms with Crippen LogP contribution in [0.5, 0.6) is 0 Å². The number of nitrogens with two attached hydrogens (primary N) is 1. The quantitative estimate of drug-likeness (QED) is 0.807. The van der Waals surface area contributed by atoms with Crippen molar-refractivity contribution in [1.82, 2.24) is 0 Å². The molecule has 0 radical (unpaired) electrons. The molecular weight excluding hydrogens is 222 g/mol. The van der Waals surface area contributed by atoms with Gasteiger partial charge in [0.25, 0.3) is 0 Å². The lowest BCUT2D eigenvalue weighted by atomic mass is 9.76. The third kappa shape index (κ3) is 5.51. The molecule has 0 heterocycles. The Bertz CT molecular complexity index is 267. The van der Waals surface area contributed by atoms with Gasteiger partial charge in [0.1, 0.15) is 5.78 Å². The maximum atomic E-state index is 12.3. The summed E-state index contributed by atoms with van der Waals surface area (Å²) in [6, 6.07) is 0.0412. The Hall–Kier alpha value is -0.370. The molecule has 0 aliphatic heterocycles. The molecule has 2 nitrogen and oxygen atoms in total. The molecule has 0 bridgehead atoms. The number of Topliss-reactive ketones (excluding diaryl/α,β-unsaturated/α-hetero) is 1. The Morgan fingerprint density at radius 1 is 1.33 bits per heavy atom. The maximum absolute atomic E-state index is 12.3. The van der Waals surface area contributed by atoms with Crippen LogP contribution in [-0.2, 0) is 4.79 Å². The first-order valence-electron chi connectivity index (χ1n) is 7.60. The van der Waals surface area contributed by atoms with E-state index in [1.54, 1.807) is 0 Å². The van der Waals surface area contributed by atoms with Crippen molar-refractivity contribution < 1.29 is 4.79 Å². The summed E-state index contributed by atoms with van der Waals surface area (Å²) >= 11 is 0. The highest BCUT2D eigenvalue weighted by Gasteiger charge is 2.28. The molecule has 106 valence electrons. The Balaban J connectivity index is 2.40. The lowest BCUT2D eigenvalue weighted by Gasteiger charge is -2.29. The van der Waals surface area contributed by atoms with Crippen LogP contribution < -0.4 is 5.73 Å². The van der Waals surface area contributed by atoms with Crippen LogP contribution in [0.25, 0.3) is 0 Å². The summed E-state index contributed by atoms with van der Waals surface area (Å²) in [6.45, 7) is 8.80. The third-order valence-corrected chi connectivity index (χ3v) is 4.15. The lowest BCUT2D eigenvalue weighted by molar-refractivity contribution is -0.124. The van der Waals surface area contributed by atoms with Gasteiger partial charge in [0.2, 0.25) is 0 Å². The van der Waals surface area contributed by atoms with E-state index in [1.807, 2.05) is 0 Å². The summed E-state index contributed by atoms with van der Waals surface area (Å²) < 4.78 is 0. The normalized spacial score (nSPS) is 26.9. The van der Waals surface area contributed by atoms with Crippen molar-refractivity contribution in [2.75, 3.05) is 0 Å². The number of hydrogen-bond donors (Lipinski definition) is 1. The Labute approximate surface area is 113 Å². The molecule has 1 rings (SSSR count). The van der Waals surface area contributed by atoms with Crippen molar-refractivity contribution >= 4 is 5.78 Å². The van der Waals surface area contributed by atoms with E-state index < -0.39 is 0 Å². The zero-order valence-corrected chi connectivity index (χ0v) is 12.7. The van der Waals surface area contributed by atoms with Crippen molar-refractivity contribution in [3.05, 3.63) is 0 Å². The van der Waals surface area contributed by atoms with Gasteiger partial charge >= 0.3 is 0 Å². The number of ketones is 1. The third-order valence-electron chi connectivity index (χ3n) is 4.15. The van der Waals surface area contributed by atoms with E-state index in [9.17, 15) is 4.79 Å². The molecule has 0 amide bonds.